The zero-order chi connectivity index (χ0) is 23.2. The predicted octanol–water partition coefficient (Wildman–Crippen LogP) is 7.83. The summed E-state index contributed by atoms with van der Waals surface area (Å²) >= 11 is 3.54. The minimum absolute atomic E-state index is 0.0694. The maximum atomic E-state index is 12.9. The Morgan fingerprint density at radius 3 is 2.42 bits per heavy atom. The van der Waals surface area contributed by atoms with Gasteiger partial charge in [-0.25, -0.2) is 0 Å². The van der Waals surface area contributed by atoms with E-state index in [0.717, 1.165) is 22.3 Å². The summed E-state index contributed by atoms with van der Waals surface area (Å²) in [6, 6.07) is 23.0. The molecule has 1 aliphatic heterocycles. The fourth-order valence-corrected chi connectivity index (χ4v) is 5.26. The van der Waals surface area contributed by atoms with Crippen LogP contribution in [0.5, 0.6) is 0 Å². The van der Waals surface area contributed by atoms with E-state index in [4.69, 9.17) is 0 Å². The van der Waals surface area contributed by atoms with Crippen LogP contribution in [0.1, 0.15) is 66.2 Å². The molecule has 0 fully saturated rings. The van der Waals surface area contributed by atoms with Crippen LogP contribution >= 0.6 is 15.9 Å². The Bertz CT molecular complexity index is 1210. The molecular weight excluding hydrogens is 472 g/mol. The lowest BCUT2D eigenvalue weighted by Gasteiger charge is -2.37. The monoisotopic (exact) mass is 500 g/mol. The number of amides is 1. The smallest absolute Gasteiger partial charge is 0.255 e. The molecule has 0 radical (unpaired) electrons. The molecule has 33 heavy (non-hydrogen) atoms. The van der Waals surface area contributed by atoms with E-state index < -0.39 is 0 Å². The molecule has 2 aliphatic rings. The van der Waals surface area contributed by atoms with Crippen LogP contribution in [-0.4, -0.2) is 5.91 Å². The van der Waals surface area contributed by atoms with Gasteiger partial charge < -0.3 is 10.6 Å². The van der Waals surface area contributed by atoms with E-state index in [1.165, 1.54) is 16.7 Å². The Morgan fingerprint density at radius 2 is 1.73 bits per heavy atom. The Hall–Kier alpha value is -2.85. The Kier molecular flexibility index (Phi) is 5.65. The van der Waals surface area contributed by atoms with E-state index in [-0.39, 0.29) is 17.4 Å². The first-order chi connectivity index (χ1) is 15.8. The van der Waals surface area contributed by atoms with Crippen LogP contribution in [-0.2, 0) is 5.41 Å². The number of allylic oxidation sites excluding steroid dienone is 2. The van der Waals surface area contributed by atoms with Gasteiger partial charge in [-0.2, -0.15) is 0 Å². The molecule has 2 N–H and O–H groups in total. The van der Waals surface area contributed by atoms with Crippen molar-refractivity contribution in [3.63, 3.8) is 0 Å². The zero-order valence-corrected chi connectivity index (χ0v) is 20.8. The maximum absolute atomic E-state index is 12.9. The number of hydrogen-bond acceptors (Lipinski definition) is 2. The van der Waals surface area contributed by atoms with E-state index in [1.54, 1.807) is 0 Å². The molecule has 3 unspecified atom stereocenters. The molecule has 1 amide bonds. The molecule has 5 rings (SSSR count). The lowest BCUT2D eigenvalue weighted by atomic mass is 9.77. The molecule has 3 aromatic rings. The van der Waals surface area contributed by atoms with Gasteiger partial charge in [-0.1, -0.05) is 73.1 Å². The van der Waals surface area contributed by atoms with Gasteiger partial charge >= 0.3 is 0 Å². The van der Waals surface area contributed by atoms with E-state index in [1.807, 2.05) is 30.3 Å². The Balaban J connectivity index is 1.38. The number of nitrogens with one attached hydrogen (secondary N) is 2. The van der Waals surface area contributed by atoms with Crippen LogP contribution in [0.15, 0.2) is 83.4 Å². The van der Waals surface area contributed by atoms with Gasteiger partial charge in [-0.15, -0.1) is 0 Å². The van der Waals surface area contributed by atoms with Gasteiger partial charge in [0.1, 0.15) is 0 Å². The molecule has 0 bridgehead atoms. The van der Waals surface area contributed by atoms with Crippen molar-refractivity contribution in [1.29, 1.82) is 0 Å². The number of anilines is 2. The Labute approximate surface area is 204 Å². The summed E-state index contributed by atoms with van der Waals surface area (Å²) in [7, 11) is 0. The lowest BCUT2D eigenvalue weighted by molar-refractivity contribution is 0.102. The molecule has 3 nitrogen and oxygen atoms in total. The minimum atomic E-state index is -0.0783. The SMILES string of the molecule is CC(C)(C)c1ccc(C(=O)Nc2ccc3c(c2)C2C=CCC2C(c2ccc(Br)cc2)N3)cc1. The van der Waals surface area contributed by atoms with Crippen molar-refractivity contribution in [2.75, 3.05) is 10.6 Å². The highest BCUT2D eigenvalue weighted by Gasteiger charge is 2.38. The van der Waals surface area contributed by atoms with Crippen molar-refractivity contribution < 1.29 is 4.79 Å². The third-order valence-corrected chi connectivity index (χ3v) is 7.39. The number of carbonyl (C=O) groups is 1. The molecule has 3 atom stereocenters. The van der Waals surface area contributed by atoms with E-state index in [9.17, 15) is 4.79 Å². The van der Waals surface area contributed by atoms with Gasteiger partial charge in [-0.05, 0) is 76.9 Å². The highest BCUT2D eigenvalue weighted by molar-refractivity contribution is 9.10. The number of rotatable bonds is 3. The van der Waals surface area contributed by atoms with Gasteiger partial charge in [0.15, 0.2) is 0 Å². The standard InChI is InChI=1S/C29H29BrN2O/c1-29(2,3)20-11-7-19(8-12-20)28(33)31-22-15-16-26-25(17-22)23-5-4-6-24(23)27(32-26)18-9-13-21(30)14-10-18/h4-5,7-17,23-24,27,32H,6H2,1-3H3,(H,31,33). The van der Waals surface area contributed by atoms with Crippen LogP contribution in [0.3, 0.4) is 0 Å². The van der Waals surface area contributed by atoms with Gasteiger partial charge in [0.2, 0.25) is 0 Å². The molecule has 0 spiro atoms. The largest absolute Gasteiger partial charge is 0.378 e. The van der Waals surface area contributed by atoms with Crippen molar-refractivity contribution >= 4 is 33.2 Å². The van der Waals surface area contributed by atoms with Crippen LogP contribution in [0.2, 0.25) is 0 Å². The highest BCUT2D eigenvalue weighted by atomic mass is 79.9. The summed E-state index contributed by atoms with van der Waals surface area (Å²) in [6.45, 7) is 6.53. The lowest BCUT2D eigenvalue weighted by Crippen LogP contribution is -2.29. The second kappa shape index (κ2) is 8.49. The van der Waals surface area contributed by atoms with Crippen molar-refractivity contribution in [2.45, 2.75) is 44.6 Å². The summed E-state index contributed by atoms with van der Waals surface area (Å²) in [5.41, 5.74) is 6.50. The average Bonchev–Trinajstić information content (AvgIpc) is 3.29. The summed E-state index contributed by atoms with van der Waals surface area (Å²) in [4.78, 5) is 12.9. The molecule has 3 aromatic carbocycles. The number of carbonyl (C=O) groups excluding carboxylic acids is 1. The normalized spacial score (nSPS) is 21.2. The summed E-state index contributed by atoms with van der Waals surface area (Å²) < 4.78 is 1.09. The van der Waals surface area contributed by atoms with Crippen LogP contribution in [0.4, 0.5) is 11.4 Å². The van der Waals surface area contributed by atoms with Gasteiger partial charge in [0, 0.05) is 27.3 Å². The number of benzene rings is 3. The van der Waals surface area contributed by atoms with Crippen LogP contribution in [0, 0.1) is 5.92 Å². The second-order valence-corrected chi connectivity index (χ2v) is 11.0. The van der Waals surface area contributed by atoms with E-state index >= 15 is 0 Å². The van der Waals surface area contributed by atoms with Crippen molar-refractivity contribution in [1.82, 2.24) is 0 Å². The number of hydrogen-bond donors (Lipinski definition) is 2. The quantitative estimate of drug-likeness (QED) is 0.359. The summed E-state index contributed by atoms with van der Waals surface area (Å²) in [5, 5.41) is 6.87. The van der Waals surface area contributed by atoms with Crippen molar-refractivity contribution in [3.05, 3.63) is 106 Å². The van der Waals surface area contributed by atoms with E-state index in [2.05, 4.69) is 95.9 Å². The summed E-state index contributed by atoms with van der Waals surface area (Å²) in [5.74, 6) is 0.734. The minimum Gasteiger partial charge on any atom is -0.378 e. The molecular formula is C29H29BrN2O. The molecule has 1 aliphatic carbocycles. The Morgan fingerprint density at radius 1 is 1.00 bits per heavy atom. The van der Waals surface area contributed by atoms with Gasteiger partial charge in [0.05, 0.1) is 6.04 Å². The first-order valence-electron chi connectivity index (χ1n) is 11.5. The van der Waals surface area contributed by atoms with Crippen molar-refractivity contribution in [3.8, 4) is 0 Å². The molecule has 0 aromatic heterocycles. The zero-order valence-electron chi connectivity index (χ0n) is 19.2. The van der Waals surface area contributed by atoms with Crippen molar-refractivity contribution in [2.24, 2.45) is 5.92 Å². The number of halogens is 1. The third kappa shape index (κ3) is 4.37. The van der Waals surface area contributed by atoms with Crippen LogP contribution in [0.25, 0.3) is 0 Å². The maximum Gasteiger partial charge on any atom is 0.255 e. The molecule has 168 valence electrons. The highest BCUT2D eigenvalue weighted by Crippen LogP contribution is 2.50. The second-order valence-electron chi connectivity index (χ2n) is 10.1. The first-order valence-corrected chi connectivity index (χ1v) is 12.3. The summed E-state index contributed by atoms with van der Waals surface area (Å²) in [6.07, 6.45) is 5.67. The first kappa shape index (κ1) is 22.0. The fraction of sp³-hybridized carbons (Fsp3) is 0.276. The van der Waals surface area contributed by atoms with Gasteiger partial charge in [-0.3, -0.25) is 4.79 Å². The molecule has 0 saturated heterocycles. The fourth-order valence-electron chi connectivity index (χ4n) is 5.00. The van der Waals surface area contributed by atoms with Crippen LogP contribution < -0.4 is 10.6 Å². The predicted molar refractivity (Wildman–Crippen MR) is 140 cm³/mol. The number of fused-ring (bicyclic) bond motifs is 3. The van der Waals surface area contributed by atoms with Gasteiger partial charge in [0.25, 0.3) is 5.91 Å². The topological polar surface area (TPSA) is 41.1 Å². The molecule has 4 heteroatoms. The third-order valence-electron chi connectivity index (χ3n) is 6.86. The van der Waals surface area contributed by atoms with E-state index in [0.29, 0.717) is 17.4 Å². The molecule has 1 heterocycles. The average molecular weight is 501 g/mol. The molecule has 0 saturated carbocycles.